The van der Waals surface area contributed by atoms with Crippen molar-refractivity contribution in [1.29, 1.82) is 0 Å². The molecule has 3 aromatic rings. The second kappa shape index (κ2) is 12.1. The molecular formula is C33H41N5O4S. The average Bonchev–Trinajstić information content (AvgIpc) is 3.30. The van der Waals surface area contributed by atoms with Crippen LogP contribution in [0.2, 0.25) is 0 Å². The third-order valence-electron chi connectivity index (χ3n) is 8.17. The number of fused-ring (bicyclic) bond motifs is 1. The van der Waals surface area contributed by atoms with Gasteiger partial charge in [-0.25, -0.2) is 4.68 Å². The lowest BCUT2D eigenvalue weighted by Crippen LogP contribution is -2.53. The number of aryl methyl sites for hydroxylation is 2. The van der Waals surface area contributed by atoms with Gasteiger partial charge < -0.3 is 14.5 Å². The van der Waals surface area contributed by atoms with Gasteiger partial charge in [-0.05, 0) is 31.5 Å². The van der Waals surface area contributed by atoms with Crippen LogP contribution in [0.1, 0.15) is 60.9 Å². The number of hydrogen-bond donors (Lipinski definition) is 0. The number of rotatable bonds is 5. The zero-order valence-electron chi connectivity index (χ0n) is 26.1. The lowest BCUT2D eigenvalue weighted by molar-refractivity contribution is -0.137. The van der Waals surface area contributed by atoms with Crippen LogP contribution >= 0.6 is 11.8 Å². The van der Waals surface area contributed by atoms with E-state index in [-0.39, 0.29) is 40.7 Å². The van der Waals surface area contributed by atoms with Crippen molar-refractivity contribution in [1.82, 2.24) is 19.6 Å². The summed E-state index contributed by atoms with van der Waals surface area (Å²) in [6.45, 7) is 13.8. The Morgan fingerprint density at radius 1 is 1.02 bits per heavy atom. The topological polar surface area (TPSA) is 88.0 Å². The Labute approximate surface area is 258 Å². The van der Waals surface area contributed by atoms with Gasteiger partial charge in [0.1, 0.15) is 18.1 Å². The van der Waals surface area contributed by atoms with Gasteiger partial charge in [-0.15, -0.1) is 11.8 Å². The maximum atomic E-state index is 14.1. The summed E-state index contributed by atoms with van der Waals surface area (Å²) in [4.78, 5) is 44.9. The number of para-hydroxylation sites is 1. The molecule has 1 aromatic heterocycles. The van der Waals surface area contributed by atoms with Crippen LogP contribution in [0.3, 0.4) is 0 Å². The number of carbonyl (C=O) groups excluding carboxylic acids is 3. The molecule has 2 aliphatic heterocycles. The molecule has 2 aliphatic rings. The largest absolute Gasteiger partial charge is 0.496 e. The minimum atomic E-state index is -0.360. The zero-order chi connectivity index (χ0) is 31.1. The van der Waals surface area contributed by atoms with Crippen LogP contribution < -0.4 is 9.64 Å². The smallest absolute Gasteiger partial charge is 0.242 e. The van der Waals surface area contributed by atoms with Gasteiger partial charge in [0.25, 0.3) is 0 Å². The third kappa shape index (κ3) is 6.02. The average molecular weight is 604 g/mol. The standard InChI is InChI=1S/C33H41N5O4S/c1-21-12-13-25(22(2)18-21)38-32-29(31(34-38)33(4,5)6)30(24-10-8-9-11-26(24)42-7)43-20-28(41)37(32)19-27(40)36-16-14-35(15-17-36)23(3)39/h8-13,18,30H,14-17,19-20H2,1-7H3. The molecular weight excluding hydrogens is 562 g/mol. The fourth-order valence-corrected chi connectivity index (χ4v) is 7.14. The molecule has 1 atom stereocenters. The van der Waals surface area contributed by atoms with Crippen LogP contribution in [0.4, 0.5) is 5.82 Å². The van der Waals surface area contributed by atoms with Gasteiger partial charge in [-0.3, -0.25) is 19.3 Å². The van der Waals surface area contributed by atoms with E-state index in [9.17, 15) is 14.4 Å². The van der Waals surface area contributed by atoms with E-state index in [2.05, 4.69) is 33.8 Å². The Morgan fingerprint density at radius 3 is 2.33 bits per heavy atom. The van der Waals surface area contributed by atoms with Crippen LogP contribution in [0.25, 0.3) is 5.69 Å². The van der Waals surface area contributed by atoms with Gasteiger partial charge >= 0.3 is 0 Å². The zero-order valence-corrected chi connectivity index (χ0v) is 27.0. The van der Waals surface area contributed by atoms with Crippen LogP contribution in [-0.4, -0.2) is 82.9 Å². The molecule has 0 N–H and O–H groups in total. The molecule has 0 radical (unpaired) electrons. The van der Waals surface area contributed by atoms with Crippen molar-refractivity contribution in [2.24, 2.45) is 0 Å². The van der Waals surface area contributed by atoms with Gasteiger partial charge in [-0.1, -0.05) is 56.7 Å². The number of carbonyl (C=O) groups is 3. The molecule has 1 saturated heterocycles. The van der Waals surface area contributed by atoms with E-state index in [1.807, 2.05) is 48.0 Å². The first kappa shape index (κ1) is 30.7. The van der Waals surface area contributed by atoms with Crippen LogP contribution in [0, 0.1) is 13.8 Å². The molecule has 9 nitrogen and oxygen atoms in total. The molecule has 3 amide bonds. The molecule has 43 heavy (non-hydrogen) atoms. The number of aromatic nitrogens is 2. The van der Waals surface area contributed by atoms with E-state index in [0.717, 1.165) is 39.4 Å². The number of benzene rings is 2. The summed E-state index contributed by atoms with van der Waals surface area (Å²) < 4.78 is 7.67. The maximum Gasteiger partial charge on any atom is 0.242 e. The highest BCUT2D eigenvalue weighted by Gasteiger charge is 2.41. The minimum absolute atomic E-state index is 0.00548. The highest BCUT2D eigenvalue weighted by Crippen LogP contribution is 2.50. The molecule has 2 aromatic carbocycles. The van der Waals surface area contributed by atoms with Crippen molar-refractivity contribution in [3.05, 3.63) is 70.4 Å². The minimum Gasteiger partial charge on any atom is -0.496 e. The SMILES string of the molecule is COc1ccccc1C1SCC(=O)N(CC(=O)N2CCN(C(C)=O)CC2)c2c1c(C(C)(C)C)nn2-c1ccc(C)cc1C. The first-order valence-electron chi connectivity index (χ1n) is 14.7. The lowest BCUT2D eigenvalue weighted by Gasteiger charge is -2.35. The fraction of sp³-hybridized carbons (Fsp3) is 0.455. The first-order valence-corrected chi connectivity index (χ1v) is 15.7. The van der Waals surface area contributed by atoms with E-state index >= 15 is 0 Å². The van der Waals surface area contributed by atoms with Crippen molar-refractivity contribution in [3.63, 3.8) is 0 Å². The Balaban J connectivity index is 1.70. The predicted octanol–water partition coefficient (Wildman–Crippen LogP) is 4.66. The molecule has 0 bridgehead atoms. The van der Waals surface area contributed by atoms with Crippen molar-refractivity contribution in [2.45, 2.75) is 52.2 Å². The monoisotopic (exact) mass is 603 g/mol. The first-order chi connectivity index (χ1) is 20.4. The summed E-state index contributed by atoms with van der Waals surface area (Å²) in [5.41, 5.74) is 5.41. The summed E-state index contributed by atoms with van der Waals surface area (Å²) in [5, 5.41) is 4.98. The van der Waals surface area contributed by atoms with E-state index in [1.165, 1.54) is 11.8 Å². The summed E-state index contributed by atoms with van der Waals surface area (Å²) in [6.07, 6.45) is 0. The van der Waals surface area contributed by atoms with Gasteiger partial charge in [0.05, 0.1) is 29.5 Å². The van der Waals surface area contributed by atoms with E-state index < -0.39 is 0 Å². The van der Waals surface area contributed by atoms with Crippen molar-refractivity contribution in [3.8, 4) is 11.4 Å². The summed E-state index contributed by atoms with van der Waals surface area (Å²) in [5.74, 6) is 1.27. The van der Waals surface area contributed by atoms with Gasteiger partial charge in [-0.2, -0.15) is 5.10 Å². The molecule has 5 rings (SSSR count). The molecule has 3 heterocycles. The van der Waals surface area contributed by atoms with Crippen molar-refractivity contribution < 1.29 is 19.1 Å². The number of nitrogens with zero attached hydrogens (tertiary/aromatic N) is 5. The lowest BCUT2D eigenvalue weighted by atomic mass is 9.87. The molecule has 1 unspecified atom stereocenters. The summed E-state index contributed by atoms with van der Waals surface area (Å²) in [6, 6.07) is 14.1. The van der Waals surface area contributed by atoms with E-state index in [1.54, 1.807) is 28.7 Å². The Kier molecular flexibility index (Phi) is 8.61. The molecule has 1 fully saturated rings. The number of hydrogen-bond acceptors (Lipinski definition) is 6. The number of piperazine rings is 1. The van der Waals surface area contributed by atoms with E-state index in [0.29, 0.717) is 32.0 Å². The number of thioether (sulfide) groups is 1. The number of ether oxygens (including phenoxy) is 1. The van der Waals surface area contributed by atoms with Gasteiger partial charge in [0, 0.05) is 49.6 Å². The fourth-order valence-electron chi connectivity index (χ4n) is 5.92. The van der Waals surface area contributed by atoms with E-state index in [4.69, 9.17) is 9.84 Å². The molecule has 0 aliphatic carbocycles. The maximum absolute atomic E-state index is 14.1. The van der Waals surface area contributed by atoms with Crippen LogP contribution in [-0.2, 0) is 19.8 Å². The Bertz CT molecular complexity index is 1550. The van der Waals surface area contributed by atoms with Gasteiger partial charge in [0.15, 0.2) is 0 Å². The molecule has 228 valence electrons. The van der Waals surface area contributed by atoms with Crippen molar-refractivity contribution in [2.75, 3.05) is 50.5 Å². The quantitative estimate of drug-likeness (QED) is 0.422. The molecule has 0 spiro atoms. The van der Waals surface area contributed by atoms with Crippen LogP contribution in [0.15, 0.2) is 42.5 Å². The highest BCUT2D eigenvalue weighted by molar-refractivity contribution is 8.00. The van der Waals surface area contributed by atoms with Crippen molar-refractivity contribution >= 4 is 35.3 Å². The van der Waals surface area contributed by atoms with Crippen LogP contribution in [0.5, 0.6) is 5.75 Å². The molecule has 0 saturated carbocycles. The number of amides is 3. The Morgan fingerprint density at radius 2 is 1.70 bits per heavy atom. The summed E-state index contributed by atoms with van der Waals surface area (Å²) in [7, 11) is 1.66. The predicted molar refractivity (Wildman–Crippen MR) is 170 cm³/mol. The number of anilines is 1. The second-order valence-corrected chi connectivity index (χ2v) is 13.4. The summed E-state index contributed by atoms with van der Waals surface area (Å²) >= 11 is 1.54. The second-order valence-electron chi connectivity index (χ2n) is 12.3. The Hall–Kier alpha value is -3.79. The normalized spacial score (nSPS) is 17.5. The molecule has 10 heteroatoms. The highest BCUT2D eigenvalue weighted by atomic mass is 32.2. The van der Waals surface area contributed by atoms with Gasteiger partial charge in [0.2, 0.25) is 17.7 Å². The number of methoxy groups -OCH3 is 1. The third-order valence-corrected chi connectivity index (χ3v) is 9.41.